The van der Waals surface area contributed by atoms with Crippen LogP contribution in [-0.4, -0.2) is 23.3 Å². The van der Waals surface area contributed by atoms with Gasteiger partial charge < -0.3 is 14.6 Å². The first kappa shape index (κ1) is 15.1. The van der Waals surface area contributed by atoms with Gasteiger partial charge in [-0.05, 0) is 31.5 Å². The smallest absolute Gasteiger partial charge is 0.203 e. The minimum absolute atomic E-state index is 0.190. The number of methoxy groups -OCH3 is 1. The van der Waals surface area contributed by atoms with Crippen LogP contribution in [0.4, 0.5) is 5.95 Å². The van der Waals surface area contributed by atoms with Gasteiger partial charge in [-0.15, -0.1) is 0 Å². The lowest BCUT2D eigenvalue weighted by Crippen LogP contribution is -2.13. The molecule has 1 unspecified atom stereocenters. The number of nitrogens with one attached hydrogen (secondary N) is 1. The molecule has 0 amide bonds. The highest BCUT2D eigenvalue weighted by Crippen LogP contribution is 2.21. The number of hydrogen-bond acceptors (Lipinski definition) is 3. The Morgan fingerprint density at radius 2 is 2.25 bits per heavy atom. The molecule has 0 saturated carbocycles. The average Bonchev–Trinajstić information content (AvgIpc) is 2.76. The number of anilines is 1. The highest BCUT2D eigenvalue weighted by molar-refractivity contribution is 9.10. The number of hydrogen-bond donors (Lipinski definition) is 1. The highest BCUT2D eigenvalue weighted by Gasteiger charge is 2.10. The summed E-state index contributed by atoms with van der Waals surface area (Å²) in [5.74, 6) is 0.882. The molecule has 0 saturated heterocycles. The number of benzene rings is 1. The van der Waals surface area contributed by atoms with E-state index in [9.17, 15) is 0 Å². The van der Waals surface area contributed by atoms with Crippen molar-refractivity contribution in [2.24, 2.45) is 0 Å². The van der Waals surface area contributed by atoms with Crippen molar-refractivity contribution in [1.82, 2.24) is 9.55 Å². The summed E-state index contributed by atoms with van der Waals surface area (Å²) in [6, 6.07) is 8.49. The Kier molecular flexibility index (Phi) is 5.20. The molecule has 5 heteroatoms. The van der Waals surface area contributed by atoms with Crippen LogP contribution < -0.4 is 5.32 Å². The van der Waals surface area contributed by atoms with Gasteiger partial charge in [0.1, 0.15) is 0 Å². The van der Waals surface area contributed by atoms with Gasteiger partial charge in [0.2, 0.25) is 5.95 Å². The molecular formula is C15H20BrN3O. The van der Waals surface area contributed by atoms with E-state index in [1.54, 1.807) is 7.11 Å². The zero-order valence-corrected chi connectivity index (χ0v) is 13.6. The van der Waals surface area contributed by atoms with Crippen LogP contribution in [0, 0.1) is 6.92 Å². The molecular weight excluding hydrogens is 318 g/mol. The summed E-state index contributed by atoms with van der Waals surface area (Å²) in [5, 5.41) is 3.46. The van der Waals surface area contributed by atoms with Gasteiger partial charge in [0.05, 0.1) is 18.3 Å². The molecule has 0 aliphatic heterocycles. The lowest BCUT2D eigenvalue weighted by atomic mass is 10.1. The molecule has 1 heterocycles. The SMILES string of the molecule is COCCn1cc(C)nc1NC(C)c1cccc(Br)c1. The maximum absolute atomic E-state index is 5.13. The van der Waals surface area contributed by atoms with Crippen LogP contribution in [0.15, 0.2) is 34.9 Å². The molecule has 1 N–H and O–H groups in total. The summed E-state index contributed by atoms with van der Waals surface area (Å²) in [7, 11) is 1.71. The largest absolute Gasteiger partial charge is 0.383 e. The number of aromatic nitrogens is 2. The molecule has 0 radical (unpaired) electrons. The van der Waals surface area contributed by atoms with Crippen molar-refractivity contribution >= 4 is 21.9 Å². The molecule has 2 rings (SSSR count). The summed E-state index contributed by atoms with van der Waals surface area (Å²) < 4.78 is 8.31. The number of ether oxygens (including phenoxy) is 1. The highest BCUT2D eigenvalue weighted by atomic mass is 79.9. The van der Waals surface area contributed by atoms with Gasteiger partial charge in [-0.1, -0.05) is 28.1 Å². The fourth-order valence-corrected chi connectivity index (χ4v) is 2.49. The van der Waals surface area contributed by atoms with Gasteiger partial charge in [-0.25, -0.2) is 4.98 Å². The average molecular weight is 338 g/mol. The Bertz CT molecular complexity index is 568. The molecule has 0 bridgehead atoms. The molecule has 1 aromatic heterocycles. The van der Waals surface area contributed by atoms with E-state index in [1.165, 1.54) is 5.56 Å². The van der Waals surface area contributed by atoms with Gasteiger partial charge in [0.15, 0.2) is 0 Å². The maximum atomic E-state index is 5.13. The van der Waals surface area contributed by atoms with E-state index < -0.39 is 0 Å². The van der Waals surface area contributed by atoms with E-state index in [1.807, 2.05) is 25.3 Å². The number of halogens is 1. The van der Waals surface area contributed by atoms with Crippen LogP contribution in [0.1, 0.15) is 24.2 Å². The molecule has 20 heavy (non-hydrogen) atoms. The van der Waals surface area contributed by atoms with Crippen LogP contribution >= 0.6 is 15.9 Å². The third-order valence-corrected chi connectivity index (χ3v) is 3.62. The molecule has 0 aliphatic rings. The molecule has 1 atom stereocenters. The number of rotatable bonds is 6. The predicted octanol–water partition coefficient (Wildman–Crippen LogP) is 3.77. The predicted molar refractivity (Wildman–Crippen MR) is 85.0 cm³/mol. The van der Waals surface area contributed by atoms with Gasteiger partial charge in [0.25, 0.3) is 0 Å². The Morgan fingerprint density at radius 1 is 1.45 bits per heavy atom. The topological polar surface area (TPSA) is 39.1 Å². The minimum Gasteiger partial charge on any atom is -0.383 e. The fourth-order valence-electron chi connectivity index (χ4n) is 2.07. The first-order valence-electron chi connectivity index (χ1n) is 6.65. The van der Waals surface area contributed by atoms with Gasteiger partial charge in [-0.3, -0.25) is 0 Å². The first-order chi connectivity index (χ1) is 9.60. The Balaban J connectivity index is 2.12. The van der Waals surface area contributed by atoms with Gasteiger partial charge in [-0.2, -0.15) is 0 Å². The Labute approximate surface area is 128 Å². The zero-order valence-electron chi connectivity index (χ0n) is 12.1. The van der Waals surface area contributed by atoms with Crippen LogP contribution in [0.25, 0.3) is 0 Å². The summed E-state index contributed by atoms with van der Waals surface area (Å²) in [6.45, 7) is 5.60. The van der Waals surface area contributed by atoms with E-state index in [0.717, 1.165) is 22.7 Å². The number of imidazole rings is 1. The Morgan fingerprint density at radius 3 is 2.95 bits per heavy atom. The van der Waals surface area contributed by atoms with E-state index >= 15 is 0 Å². The summed E-state index contributed by atoms with van der Waals surface area (Å²) >= 11 is 3.50. The molecule has 0 aliphatic carbocycles. The second-order valence-electron chi connectivity index (χ2n) is 4.81. The van der Waals surface area contributed by atoms with Gasteiger partial charge in [0, 0.05) is 24.3 Å². The molecule has 4 nitrogen and oxygen atoms in total. The second-order valence-corrected chi connectivity index (χ2v) is 5.73. The summed E-state index contributed by atoms with van der Waals surface area (Å²) in [6.07, 6.45) is 2.04. The first-order valence-corrected chi connectivity index (χ1v) is 7.44. The van der Waals surface area contributed by atoms with Crippen LogP contribution in [0.3, 0.4) is 0 Å². The van der Waals surface area contributed by atoms with E-state index in [4.69, 9.17) is 4.74 Å². The van der Waals surface area contributed by atoms with Crippen molar-refractivity contribution in [3.63, 3.8) is 0 Å². The van der Waals surface area contributed by atoms with Crippen LogP contribution in [-0.2, 0) is 11.3 Å². The third kappa shape index (κ3) is 3.84. The van der Waals surface area contributed by atoms with Gasteiger partial charge >= 0.3 is 0 Å². The molecule has 0 spiro atoms. The molecule has 0 fully saturated rings. The minimum atomic E-state index is 0.190. The van der Waals surface area contributed by atoms with E-state index in [-0.39, 0.29) is 6.04 Å². The third-order valence-electron chi connectivity index (χ3n) is 3.13. The molecule has 2 aromatic rings. The van der Waals surface area contributed by atoms with E-state index in [0.29, 0.717) is 6.61 Å². The normalized spacial score (nSPS) is 12.4. The lowest BCUT2D eigenvalue weighted by molar-refractivity contribution is 0.187. The van der Waals surface area contributed by atoms with Crippen LogP contribution in [0.5, 0.6) is 0 Å². The Hall–Kier alpha value is -1.33. The van der Waals surface area contributed by atoms with Crippen molar-refractivity contribution < 1.29 is 4.74 Å². The molecule has 108 valence electrons. The number of nitrogens with zero attached hydrogens (tertiary/aromatic N) is 2. The molecule has 1 aromatic carbocycles. The van der Waals surface area contributed by atoms with Crippen molar-refractivity contribution in [2.75, 3.05) is 19.0 Å². The van der Waals surface area contributed by atoms with Crippen molar-refractivity contribution in [3.8, 4) is 0 Å². The van der Waals surface area contributed by atoms with E-state index in [2.05, 4.69) is 49.9 Å². The maximum Gasteiger partial charge on any atom is 0.203 e. The standard InChI is InChI=1S/C15H20BrN3O/c1-11-10-19(7-8-20-3)15(17-11)18-12(2)13-5-4-6-14(16)9-13/h4-6,9-10,12H,7-8H2,1-3H3,(H,17,18). The van der Waals surface area contributed by atoms with Crippen molar-refractivity contribution in [3.05, 3.63) is 46.2 Å². The lowest BCUT2D eigenvalue weighted by Gasteiger charge is -2.16. The summed E-state index contributed by atoms with van der Waals surface area (Å²) in [4.78, 5) is 4.54. The number of aryl methyl sites for hydroxylation is 1. The fraction of sp³-hybridized carbons (Fsp3) is 0.400. The van der Waals surface area contributed by atoms with Crippen molar-refractivity contribution in [2.45, 2.75) is 26.4 Å². The summed E-state index contributed by atoms with van der Waals surface area (Å²) in [5.41, 5.74) is 2.23. The monoisotopic (exact) mass is 337 g/mol. The van der Waals surface area contributed by atoms with Crippen LogP contribution in [0.2, 0.25) is 0 Å². The quantitative estimate of drug-likeness (QED) is 0.871. The van der Waals surface area contributed by atoms with Crippen molar-refractivity contribution in [1.29, 1.82) is 0 Å². The zero-order chi connectivity index (χ0) is 14.5. The second kappa shape index (κ2) is 6.90.